The molecule has 1 aliphatic heterocycles. The molecule has 0 fully saturated rings. The molecule has 2 rings (SSSR count). The van der Waals surface area contributed by atoms with E-state index in [0.29, 0.717) is 13.2 Å². The first kappa shape index (κ1) is 15.1. The first-order valence-corrected chi connectivity index (χ1v) is 7.55. The van der Waals surface area contributed by atoms with Gasteiger partial charge in [-0.25, -0.2) is 0 Å². The summed E-state index contributed by atoms with van der Waals surface area (Å²) in [5.41, 5.74) is 1.19. The highest BCUT2D eigenvalue weighted by atomic mass is 16.5. The zero-order valence-corrected chi connectivity index (χ0v) is 12.5. The van der Waals surface area contributed by atoms with E-state index in [9.17, 15) is 0 Å². The summed E-state index contributed by atoms with van der Waals surface area (Å²) < 4.78 is 17.1. The third-order valence-electron chi connectivity index (χ3n) is 3.26. The summed E-state index contributed by atoms with van der Waals surface area (Å²) in [7, 11) is 0. The Balaban J connectivity index is 2.09. The van der Waals surface area contributed by atoms with Crippen LogP contribution < -0.4 is 14.8 Å². The summed E-state index contributed by atoms with van der Waals surface area (Å²) >= 11 is 0. The van der Waals surface area contributed by atoms with E-state index in [1.165, 1.54) is 5.56 Å². The molecule has 0 aromatic heterocycles. The number of hydrogen-bond donors (Lipinski definition) is 1. The molecule has 4 heteroatoms. The van der Waals surface area contributed by atoms with Gasteiger partial charge in [-0.2, -0.15) is 0 Å². The van der Waals surface area contributed by atoms with Gasteiger partial charge in [-0.15, -0.1) is 0 Å². The molecule has 0 bridgehead atoms. The second-order valence-electron chi connectivity index (χ2n) is 4.94. The van der Waals surface area contributed by atoms with Crippen molar-refractivity contribution in [3.8, 4) is 11.5 Å². The average molecular weight is 279 g/mol. The maximum atomic E-state index is 5.75. The molecule has 112 valence electrons. The van der Waals surface area contributed by atoms with Crippen molar-refractivity contribution in [2.75, 3.05) is 33.0 Å². The number of fused-ring (bicyclic) bond motifs is 1. The average Bonchev–Trinajstić information content (AvgIpc) is 2.71. The topological polar surface area (TPSA) is 39.7 Å². The molecule has 0 saturated carbocycles. The molecule has 0 spiro atoms. The minimum atomic E-state index is 0.198. The number of hydrogen-bond acceptors (Lipinski definition) is 4. The maximum absolute atomic E-state index is 5.75. The minimum absolute atomic E-state index is 0.198. The van der Waals surface area contributed by atoms with Crippen LogP contribution in [0.25, 0.3) is 0 Å². The predicted octanol–water partition coefficient (Wildman–Crippen LogP) is 2.93. The van der Waals surface area contributed by atoms with Gasteiger partial charge >= 0.3 is 0 Å². The molecule has 0 saturated heterocycles. The van der Waals surface area contributed by atoms with Crippen LogP contribution in [0.3, 0.4) is 0 Å². The molecule has 1 aromatic carbocycles. The van der Waals surface area contributed by atoms with Crippen LogP contribution in [0.2, 0.25) is 0 Å². The lowest BCUT2D eigenvalue weighted by Crippen LogP contribution is -2.25. The van der Waals surface area contributed by atoms with Crippen molar-refractivity contribution in [3.05, 3.63) is 23.8 Å². The minimum Gasteiger partial charge on any atom is -0.490 e. The summed E-state index contributed by atoms with van der Waals surface area (Å²) in [4.78, 5) is 0. The van der Waals surface area contributed by atoms with Gasteiger partial charge in [0, 0.05) is 13.0 Å². The van der Waals surface area contributed by atoms with Crippen molar-refractivity contribution in [2.45, 2.75) is 32.7 Å². The fourth-order valence-corrected chi connectivity index (χ4v) is 2.26. The van der Waals surface area contributed by atoms with Crippen LogP contribution in [0.1, 0.15) is 38.3 Å². The molecule has 1 heterocycles. The van der Waals surface area contributed by atoms with Gasteiger partial charge in [0.1, 0.15) is 0 Å². The first-order valence-electron chi connectivity index (χ1n) is 7.55. The Hall–Kier alpha value is -1.26. The third kappa shape index (κ3) is 4.12. The summed E-state index contributed by atoms with van der Waals surface area (Å²) in [6, 6.07) is 6.36. The molecule has 1 atom stereocenters. The van der Waals surface area contributed by atoms with E-state index >= 15 is 0 Å². The van der Waals surface area contributed by atoms with Crippen molar-refractivity contribution in [3.63, 3.8) is 0 Å². The fourth-order valence-electron chi connectivity index (χ4n) is 2.26. The quantitative estimate of drug-likeness (QED) is 0.779. The van der Waals surface area contributed by atoms with Gasteiger partial charge in [-0.3, -0.25) is 0 Å². The molecular formula is C16H25NO3. The highest BCUT2D eigenvalue weighted by Gasteiger charge is 2.16. The van der Waals surface area contributed by atoms with E-state index in [1.54, 1.807) is 0 Å². The number of nitrogens with one attached hydrogen (secondary N) is 1. The van der Waals surface area contributed by atoms with Crippen LogP contribution in [-0.2, 0) is 4.74 Å². The van der Waals surface area contributed by atoms with Crippen LogP contribution in [0.4, 0.5) is 0 Å². The summed E-state index contributed by atoms with van der Waals surface area (Å²) in [5, 5.41) is 3.46. The Bertz CT molecular complexity index is 409. The largest absolute Gasteiger partial charge is 0.490 e. The van der Waals surface area contributed by atoms with Gasteiger partial charge in [0.15, 0.2) is 11.5 Å². The Morgan fingerprint density at radius 3 is 2.75 bits per heavy atom. The van der Waals surface area contributed by atoms with E-state index in [4.69, 9.17) is 14.2 Å². The SMILES string of the molecule is CCCOCC(NCC)c1ccc2c(c1)OCCCO2. The van der Waals surface area contributed by atoms with E-state index in [-0.39, 0.29) is 6.04 Å². The van der Waals surface area contributed by atoms with Crippen molar-refractivity contribution in [2.24, 2.45) is 0 Å². The number of rotatable bonds is 7. The zero-order valence-electron chi connectivity index (χ0n) is 12.5. The second kappa shape index (κ2) is 8.12. The highest BCUT2D eigenvalue weighted by Crippen LogP contribution is 2.32. The Labute approximate surface area is 121 Å². The molecule has 4 nitrogen and oxygen atoms in total. The smallest absolute Gasteiger partial charge is 0.161 e. The molecule has 1 aliphatic rings. The maximum Gasteiger partial charge on any atom is 0.161 e. The molecule has 1 aromatic rings. The standard InChI is InChI=1S/C16H25NO3/c1-3-8-18-12-14(17-4-2)13-6-7-15-16(11-13)20-10-5-9-19-15/h6-7,11,14,17H,3-5,8-10,12H2,1-2H3. The van der Waals surface area contributed by atoms with Gasteiger partial charge in [0.05, 0.1) is 25.9 Å². The zero-order chi connectivity index (χ0) is 14.2. The number of ether oxygens (including phenoxy) is 3. The van der Waals surface area contributed by atoms with Gasteiger partial charge in [0.2, 0.25) is 0 Å². The van der Waals surface area contributed by atoms with Gasteiger partial charge in [-0.1, -0.05) is 19.9 Å². The van der Waals surface area contributed by atoms with E-state index in [1.807, 2.05) is 6.07 Å². The Morgan fingerprint density at radius 2 is 2.00 bits per heavy atom. The van der Waals surface area contributed by atoms with Crippen LogP contribution >= 0.6 is 0 Å². The van der Waals surface area contributed by atoms with Crippen molar-refractivity contribution in [1.29, 1.82) is 0 Å². The van der Waals surface area contributed by atoms with Crippen LogP contribution in [0, 0.1) is 0 Å². The lowest BCUT2D eigenvalue weighted by molar-refractivity contribution is 0.112. The number of benzene rings is 1. The molecule has 0 amide bonds. The summed E-state index contributed by atoms with van der Waals surface area (Å²) in [6.07, 6.45) is 1.97. The molecule has 1 N–H and O–H groups in total. The van der Waals surface area contributed by atoms with E-state index in [2.05, 4.69) is 31.3 Å². The Morgan fingerprint density at radius 1 is 1.20 bits per heavy atom. The molecule has 1 unspecified atom stereocenters. The highest BCUT2D eigenvalue weighted by molar-refractivity contribution is 5.44. The van der Waals surface area contributed by atoms with E-state index < -0.39 is 0 Å². The summed E-state index contributed by atoms with van der Waals surface area (Å²) in [6.45, 7) is 8.06. The van der Waals surface area contributed by atoms with Gasteiger partial charge in [0.25, 0.3) is 0 Å². The monoisotopic (exact) mass is 279 g/mol. The van der Waals surface area contributed by atoms with Crippen molar-refractivity contribution >= 4 is 0 Å². The van der Waals surface area contributed by atoms with Crippen LogP contribution in [-0.4, -0.2) is 33.0 Å². The third-order valence-corrected chi connectivity index (χ3v) is 3.26. The molecule has 0 aliphatic carbocycles. The van der Waals surface area contributed by atoms with Gasteiger partial charge in [-0.05, 0) is 30.7 Å². The van der Waals surface area contributed by atoms with E-state index in [0.717, 1.165) is 44.1 Å². The second-order valence-corrected chi connectivity index (χ2v) is 4.94. The fraction of sp³-hybridized carbons (Fsp3) is 0.625. The molecular weight excluding hydrogens is 254 g/mol. The van der Waals surface area contributed by atoms with Gasteiger partial charge < -0.3 is 19.5 Å². The van der Waals surface area contributed by atoms with Crippen LogP contribution in [0.5, 0.6) is 11.5 Å². The normalized spacial score (nSPS) is 15.7. The first-order chi connectivity index (χ1) is 9.85. The van der Waals surface area contributed by atoms with Crippen LogP contribution in [0.15, 0.2) is 18.2 Å². The summed E-state index contributed by atoms with van der Waals surface area (Å²) in [5.74, 6) is 1.69. The molecule has 20 heavy (non-hydrogen) atoms. The Kier molecular flexibility index (Phi) is 6.15. The number of likely N-dealkylation sites (N-methyl/N-ethyl adjacent to an activating group) is 1. The molecule has 0 radical (unpaired) electrons. The predicted molar refractivity (Wildman–Crippen MR) is 79.6 cm³/mol. The van der Waals surface area contributed by atoms with Crippen molar-refractivity contribution in [1.82, 2.24) is 5.32 Å². The lowest BCUT2D eigenvalue weighted by atomic mass is 10.1. The van der Waals surface area contributed by atoms with Crippen molar-refractivity contribution < 1.29 is 14.2 Å². The lowest BCUT2D eigenvalue weighted by Gasteiger charge is -2.19.